The predicted molar refractivity (Wildman–Crippen MR) is 131 cm³/mol. The highest BCUT2D eigenvalue weighted by atomic mass is 32.2. The highest BCUT2D eigenvalue weighted by Crippen LogP contribution is 2.34. The largest absolute Gasteiger partial charge is 0.338 e. The van der Waals surface area contributed by atoms with Crippen LogP contribution in [0, 0.1) is 0 Å². The topological polar surface area (TPSA) is 55.2 Å². The van der Waals surface area contributed by atoms with Gasteiger partial charge in [0.05, 0.1) is 11.1 Å². The molecular formula is C23H23N3O2S3. The SMILES string of the molecule is CCN(Cc1ccccc1)C(=O)CSc1nc2scc(-c3cccs3)c2c(=O)n1CC. The van der Waals surface area contributed by atoms with E-state index in [9.17, 15) is 9.59 Å². The summed E-state index contributed by atoms with van der Waals surface area (Å²) in [5, 5.41) is 5.28. The molecule has 1 amide bonds. The molecule has 0 fully saturated rings. The molecule has 3 heterocycles. The standard InChI is InChI=1S/C23H23N3O2S3/c1-3-25(13-16-9-6-5-7-10-16)19(27)15-31-23-24-21-20(22(28)26(23)4-2)17(14-30-21)18-11-8-12-29-18/h5-12,14H,3-4,13,15H2,1-2H3. The van der Waals surface area contributed by atoms with Gasteiger partial charge in [-0.15, -0.1) is 22.7 Å². The number of rotatable bonds is 8. The smallest absolute Gasteiger partial charge is 0.263 e. The number of carbonyl (C=O) groups is 1. The lowest BCUT2D eigenvalue weighted by Crippen LogP contribution is -2.32. The number of amides is 1. The number of fused-ring (bicyclic) bond motifs is 1. The van der Waals surface area contributed by atoms with Gasteiger partial charge < -0.3 is 4.90 Å². The summed E-state index contributed by atoms with van der Waals surface area (Å²) < 4.78 is 1.68. The van der Waals surface area contributed by atoms with Crippen LogP contribution in [0.15, 0.2) is 63.2 Å². The molecule has 0 saturated heterocycles. The van der Waals surface area contributed by atoms with Gasteiger partial charge in [0, 0.05) is 35.5 Å². The number of benzene rings is 1. The van der Waals surface area contributed by atoms with Gasteiger partial charge in [-0.1, -0.05) is 48.2 Å². The van der Waals surface area contributed by atoms with E-state index in [1.165, 1.54) is 23.1 Å². The summed E-state index contributed by atoms with van der Waals surface area (Å²) in [4.78, 5) is 34.5. The van der Waals surface area contributed by atoms with Crippen LogP contribution in [0.2, 0.25) is 0 Å². The monoisotopic (exact) mass is 469 g/mol. The van der Waals surface area contributed by atoms with Gasteiger partial charge in [0.25, 0.3) is 5.56 Å². The van der Waals surface area contributed by atoms with Crippen molar-refractivity contribution in [2.75, 3.05) is 12.3 Å². The van der Waals surface area contributed by atoms with Crippen LogP contribution in [0.3, 0.4) is 0 Å². The summed E-state index contributed by atoms with van der Waals surface area (Å²) in [6, 6.07) is 14.0. The number of nitrogens with zero attached hydrogens (tertiary/aromatic N) is 3. The van der Waals surface area contributed by atoms with E-state index in [2.05, 4.69) is 0 Å². The van der Waals surface area contributed by atoms with Crippen LogP contribution < -0.4 is 5.56 Å². The summed E-state index contributed by atoms with van der Waals surface area (Å²) in [7, 11) is 0. The first-order chi connectivity index (χ1) is 15.1. The summed E-state index contributed by atoms with van der Waals surface area (Å²) in [6.07, 6.45) is 0. The van der Waals surface area contributed by atoms with Gasteiger partial charge in [0.2, 0.25) is 5.91 Å². The Kier molecular flexibility index (Phi) is 6.89. The minimum atomic E-state index is -0.0382. The molecule has 0 aliphatic carbocycles. The second-order valence-electron chi connectivity index (χ2n) is 6.93. The Morgan fingerprint density at radius 1 is 1.13 bits per heavy atom. The fourth-order valence-corrected chi connectivity index (χ4v) is 6.17. The maximum absolute atomic E-state index is 13.3. The number of thioether (sulfide) groups is 1. The van der Waals surface area contributed by atoms with Crippen molar-refractivity contribution in [2.45, 2.75) is 32.1 Å². The van der Waals surface area contributed by atoms with Gasteiger partial charge in [0.15, 0.2) is 5.16 Å². The van der Waals surface area contributed by atoms with Crippen molar-refractivity contribution in [1.29, 1.82) is 0 Å². The lowest BCUT2D eigenvalue weighted by Gasteiger charge is -2.21. The zero-order valence-corrected chi connectivity index (χ0v) is 19.9. The van der Waals surface area contributed by atoms with Crippen molar-refractivity contribution in [3.8, 4) is 10.4 Å². The number of carbonyl (C=O) groups excluding carboxylic acids is 1. The van der Waals surface area contributed by atoms with E-state index in [4.69, 9.17) is 4.98 Å². The molecule has 0 spiro atoms. The maximum atomic E-state index is 13.3. The molecule has 5 nitrogen and oxygen atoms in total. The summed E-state index contributed by atoms with van der Waals surface area (Å²) in [6.45, 7) is 5.65. The average Bonchev–Trinajstić information content (AvgIpc) is 3.46. The van der Waals surface area contributed by atoms with Crippen LogP contribution in [0.25, 0.3) is 20.7 Å². The third kappa shape index (κ3) is 4.61. The van der Waals surface area contributed by atoms with E-state index in [1.54, 1.807) is 15.9 Å². The lowest BCUT2D eigenvalue weighted by atomic mass is 10.2. The second-order valence-corrected chi connectivity index (χ2v) is 9.68. The van der Waals surface area contributed by atoms with Gasteiger partial charge in [-0.25, -0.2) is 4.98 Å². The second kappa shape index (κ2) is 9.80. The number of hydrogen-bond acceptors (Lipinski definition) is 6. The molecular weight excluding hydrogens is 446 g/mol. The van der Waals surface area contributed by atoms with E-state index in [-0.39, 0.29) is 17.2 Å². The molecule has 160 valence electrons. The highest BCUT2D eigenvalue weighted by molar-refractivity contribution is 7.99. The first-order valence-electron chi connectivity index (χ1n) is 10.1. The van der Waals surface area contributed by atoms with Crippen molar-refractivity contribution in [1.82, 2.24) is 14.5 Å². The van der Waals surface area contributed by atoms with Gasteiger partial charge in [-0.2, -0.15) is 0 Å². The zero-order valence-electron chi connectivity index (χ0n) is 17.4. The van der Waals surface area contributed by atoms with E-state index >= 15 is 0 Å². The van der Waals surface area contributed by atoms with E-state index in [1.807, 2.05) is 72.0 Å². The predicted octanol–water partition coefficient (Wildman–Crippen LogP) is 5.35. The Morgan fingerprint density at radius 2 is 1.94 bits per heavy atom. The molecule has 1 aromatic carbocycles. The molecule has 4 rings (SSSR count). The maximum Gasteiger partial charge on any atom is 0.263 e. The Balaban J connectivity index is 1.57. The fourth-order valence-electron chi connectivity index (χ4n) is 3.41. The minimum Gasteiger partial charge on any atom is -0.338 e. The van der Waals surface area contributed by atoms with E-state index < -0.39 is 0 Å². The van der Waals surface area contributed by atoms with Crippen molar-refractivity contribution in [3.63, 3.8) is 0 Å². The van der Waals surface area contributed by atoms with E-state index in [0.29, 0.717) is 30.2 Å². The molecule has 0 unspecified atom stereocenters. The fraction of sp³-hybridized carbons (Fsp3) is 0.261. The highest BCUT2D eigenvalue weighted by Gasteiger charge is 2.19. The summed E-state index contributed by atoms with van der Waals surface area (Å²) in [5.41, 5.74) is 2.01. The Labute approximate surface area is 193 Å². The van der Waals surface area contributed by atoms with Gasteiger partial charge in [0.1, 0.15) is 4.83 Å². The third-order valence-corrected chi connectivity index (χ3v) is 7.77. The molecule has 0 N–H and O–H groups in total. The zero-order chi connectivity index (χ0) is 21.8. The molecule has 31 heavy (non-hydrogen) atoms. The molecule has 3 aromatic heterocycles. The van der Waals surface area contributed by atoms with Crippen LogP contribution in [0.1, 0.15) is 19.4 Å². The molecule has 0 bridgehead atoms. The van der Waals surface area contributed by atoms with Crippen LogP contribution in [0.5, 0.6) is 0 Å². The van der Waals surface area contributed by atoms with Crippen LogP contribution in [-0.4, -0.2) is 32.7 Å². The number of hydrogen-bond donors (Lipinski definition) is 0. The Morgan fingerprint density at radius 3 is 2.61 bits per heavy atom. The summed E-state index contributed by atoms with van der Waals surface area (Å²) >= 11 is 4.44. The first-order valence-corrected chi connectivity index (χ1v) is 12.9. The minimum absolute atomic E-state index is 0.0382. The summed E-state index contributed by atoms with van der Waals surface area (Å²) in [5.74, 6) is 0.292. The Hall–Kier alpha value is -2.42. The number of aromatic nitrogens is 2. The van der Waals surface area contributed by atoms with Gasteiger partial charge >= 0.3 is 0 Å². The van der Waals surface area contributed by atoms with Crippen LogP contribution in [-0.2, 0) is 17.9 Å². The van der Waals surface area contributed by atoms with Crippen molar-refractivity contribution >= 4 is 50.6 Å². The van der Waals surface area contributed by atoms with E-state index in [0.717, 1.165) is 20.8 Å². The normalized spacial score (nSPS) is 11.2. The van der Waals surface area contributed by atoms with Crippen LogP contribution in [0.4, 0.5) is 0 Å². The van der Waals surface area contributed by atoms with Gasteiger partial charge in [-0.3, -0.25) is 14.2 Å². The average molecular weight is 470 g/mol. The molecule has 0 saturated carbocycles. The molecule has 0 aliphatic heterocycles. The molecule has 0 aliphatic rings. The number of thiophene rings is 2. The van der Waals surface area contributed by atoms with Crippen molar-refractivity contribution < 1.29 is 4.79 Å². The first kappa shape index (κ1) is 21.8. The molecule has 0 atom stereocenters. The third-order valence-electron chi connectivity index (χ3n) is 5.04. The molecule has 4 aromatic rings. The van der Waals surface area contributed by atoms with Gasteiger partial charge in [-0.05, 0) is 30.9 Å². The van der Waals surface area contributed by atoms with Crippen molar-refractivity contribution in [3.05, 3.63) is 69.1 Å². The quantitative estimate of drug-likeness (QED) is 0.258. The molecule has 0 radical (unpaired) electrons. The van der Waals surface area contributed by atoms with Crippen molar-refractivity contribution in [2.24, 2.45) is 0 Å². The van der Waals surface area contributed by atoms with Crippen LogP contribution >= 0.6 is 34.4 Å². The lowest BCUT2D eigenvalue weighted by molar-refractivity contribution is -0.128. The molecule has 8 heteroatoms. The Bertz CT molecular complexity index is 1230.